The SMILES string of the molecule is CCC(C#N)(OC)c1ccccc1. The first-order chi connectivity index (χ1) is 6.29. The van der Waals surface area contributed by atoms with Crippen molar-refractivity contribution in [3.05, 3.63) is 35.9 Å². The topological polar surface area (TPSA) is 33.0 Å². The van der Waals surface area contributed by atoms with Gasteiger partial charge in [-0.25, -0.2) is 0 Å². The van der Waals surface area contributed by atoms with Crippen molar-refractivity contribution in [3.63, 3.8) is 0 Å². The van der Waals surface area contributed by atoms with Crippen molar-refractivity contribution >= 4 is 0 Å². The maximum absolute atomic E-state index is 9.05. The molecule has 0 fully saturated rings. The van der Waals surface area contributed by atoms with Crippen LogP contribution < -0.4 is 0 Å². The Bertz CT molecular complexity index is 296. The molecule has 1 rings (SSSR count). The van der Waals surface area contributed by atoms with E-state index >= 15 is 0 Å². The van der Waals surface area contributed by atoms with Crippen molar-refractivity contribution in [2.75, 3.05) is 7.11 Å². The van der Waals surface area contributed by atoms with Crippen molar-refractivity contribution in [1.82, 2.24) is 0 Å². The Labute approximate surface area is 78.8 Å². The molecule has 1 unspecified atom stereocenters. The Morgan fingerprint density at radius 3 is 2.38 bits per heavy atom. The van der Waals surface area contributed by atoms with Crippen LogP contribution >= 0.6 is 0 Å². The minimum Gasteiger partial charge on any atom is -0.359 e. The second-order valence-corrected chi connectivity index (χ2v) is 2.86. The zero-order valence-corrected chi connectivity index (χ0v) is 7.95. The Morgan fingerprint density at radius 2 is 2.00 bits per heavy atom. The van der Waals surface area contributed by atoms with E-state index in [1.165, 1.54) is 0 Å². The van der Waals surface area contributed by atoms with E-state index in [4.69, 9.17) is 10.00 Å². The van der Waals surface area contributed by atoms with E-state index in [9.17, 15) is 0 Å². The number of nitriles is 1. The minimum atomic E-state index is -0.777. The zero-order chi connectivity index (χ0) is 9.73. The lowest BCUT2D eigenvalue weighted by molar-refractivity contribution is 0.0328. The first-order valence-corrected chi connectivity index (χ1v) is 4.31. The summed E-state index contributed by atoms with van der Waals surface area (Å²) in [6.45, 7) is 1.94. The Hall–Kier alpha value is -1.33. The van der Waals surface area contributed by atoms with E-state index < -0.39 is 5.60 Å². The second kappa shape index (κ2) is 4.06. The smallest absolute Gasteiger partial charge is 0.178 e. The number of rotatable bonds is 3. The molecule has 1 atom stereocenters. The molecule has 0 aromatic heterocycles. The Morgan fingerprint density at radius 1 is 1.38 bits per heavy atom. The number of nitrogens with zero attached hydrogens (tertiary/aromatic N) is 1. The molecular weight excluding hydrogens is 162 g/mol. The van der Waals surface area contributed by atoms with Crippen LogP contribution in [0.2, 0.25) is 0 Å². The van der Waals surface area contributed by atoms with E-state index in [1.54, 1.807) is 7.11 Å². The molecule has 13 heavy (non-hydrogen) atoms. The summed E-state index contributed by atoms with van der Waals surface area (Å²) >= 11 is 0. The predicted molar refractivity (Wildman–Crippen MR) is 51.0 cm³/mol. The van der Waals surface area contributed by atoms with Crippen LogP contribution in [0.4, 0.5) is 0 Å². The van der Waals surface area contributed by atoms with E-state index in [0.29, 0.717) is 6.42 Å². The van der Waals surface area contributed by atoms with Crippen LogP contribution in [-0.2, 0) is 10.3 Å². The van der Waals surface area contributed by atoms with E-state index in [0.717, 1.165) is 5.56 Å². The van der Waals surface area contributed by atoms with Crippen LogP contribution in [0, 0.1) is 11.3 Å². The van der Waals surface area contributed by atoms with Crippen molar-refractivity contribution in [2.24, 2.45) is 0 Å². The molecule has 1 aromatic carbocycles. The highest BCUT2D eigenvalue weighted by Gasteiger charge is 2.29. The molecular formula is C11H13NO. The molecule has 0 amide bonds. The van der Waals surface area contributed by atoms with Gasteiger partial charge in [0.15, 0.2) is 5.60 Å². The quantitative estimate of drug-likeness (QED) is 0.707. The van der Waals surface area contributed by atoms with E-state index in [-0.39, 0.29) is 0 Å². The van der Waals surface area contributed by atoms with Gasteiger partial charge in [0, 0.05) is 7.11 Å². The highest BCUT2D eigenvalue weighted by atomic mass is 16.5. The fourth-order valence-electron chi connectivity index (χ4n) is 1.36. The van der Waals surface area contributed by atoms with Crippen LogP contribution in [0.1, 0.15) is 18.9 Å². The molecule has 0 N–H and O–H groups in total. The summed E-state index contributed by atoms with van der Waals surface area (Å²) in [5.74, 6) is 0. The van der Waals surface area contributed by atoms with Crippen LogP contribution in [0.15, 0.2) is 30.3 Å². The summed E-state index contributed by atoms with van der Waals surface area (Å²) in [6.07, 6.45) is 0.657. The van der Waals surface area contributed by atoms with Crippen LogP contribution in [0.5, 0.6) is 0 Å². The average molecular weight is 175 g/mol. The van der Waals surface area contributed by atoms with Gasteiger partial charge in [-0.1, -0.05) is 37.3 Å². The van der Waals surface area contributed by atoms with Gasteiger partial charge in [-0.3, -0.25) is 0 Å². The van der Waals surface area contributed by atoms with Crippen LogP contribution in [-0.4, -0.2) is 7.11 Å². The second-order valence-electron chi connectivity index (χ2n) is 2.86. The van der Waals surface area contributed by atoms with Gasteiger partial charge < -0.3 is 4.74 Å². The first-order valence-electron chi connectivity index (χ1n) is 4.31. The molecule has 0 aliphatic carbocycles. The van der Waals surface area contributed by atoms with Gasteiger partial charge in [0.2, 0.25) is 0 Å². The van der Waals surface area contributed by atoms with Gasteiger partial charge in [-0.05, 0) is 12.0 Å². The monoisotopic (exact) mass is 175 g/mol. The third-order valence-electron chi connectivity index (χ3n) is 2.27. The van der Waals surface area contributed by atoms with Crippen molar-refractivity contribution in [3.8, 4) is 6.07 Å². The molecule has 1 aromatic rings. The van der Waals surface area contributed by atoms with Gasteiger partial charge in [0.05, 0.1) is 0 Å². The van der Waals surface area contributed by atoms with Gasteiger partial charge in [-0.15, -0.1) is 0 Å². The maximum Gasteiger partial charge on any atom is 0.178 e. The third kappa shape index (κ3) is 1.71. The fraction of sp³-hybridized carbons (Fsp3) is 0.364. The van der Waals surface area contributed by atoms with E-state index in [2.05, 4.69) is 6.07 Å². The highest BCUT2D eigenvalue weighted by molar-refractivity contribution is 5.28. The third-order valence-corrected chi connectivity index (χ3v) is 2.27. The molecule has 0 bridgehead atoms. The first kappa shape index (κ1) is 9.76. The lowest BCUT2D eigenvalue weighted by Gasteiger charge is -2.23. The number of benzene rings is 1. The number of methoxy groups -OCH3 is 1. The van der Waals surface area contributed by atoms with Gasteiger partial charge in [0.1, 0.15) is 6.07 Å². The number of hydrogen-bond donors (Lipinski definition) is 0. The molecule has 0 aliphatic heterocycles. The Kier molecular flexibility index (Phi) is 3.05. The average Bonchev–Trinajstić information content (AvgIpc) is 2.23. The molecule has 0 saturated heterocycles. The molecule has 0 heterocycles. The molecule has 2 heteroatoms. The lowest BCUT2D eigenvalue weighted by Crippen LogP contribution is -2.25. The van der Waals surface area contributed by atoms with Crippen molar-refractivity contribution in [2.45, 2.75) is 18.9 Å². The summed E-state index contributed by atoms with van der Waals surface area (Å²) in [5.41, 5.74) is 0.142. The fourth-order valence-corrected chi connectivity index (χ4v) is 1.36. The molecule has 0 radical (unpaired) electrons. The standard InChI is InChI=1S/C11H13NO/c1-3-11(9-12,13-2)10-7-5-4-6-8-10/h4-8H,3H2,1-2H3. The molecule has 0 saturated carbocycles. The highest BCUT2D eigenvalue weighted by Crippen LogP contribution is 2.27. The molecule has 0 aliphatic rings. The maximum atomic E-state index is 9.05. The van der Waals surface area contributed by atoms with Crippen LogP contribution in [0.25, 0.3) is 0 Å². The Balaban J connectivity index is 3.10. The molecule has 68 valence electrons. The summed E-state index contributed by atoms with van der Waals surface area (Å²) in [6, 6.07) is 11.8. The van der Waals surface area contributed by atoms with Crippen molar-refractivity contribution < 1.29 is 4.74 Å². The normalized spacial score (nSPS) is 14.5. The van der Waals surface area contributed by atoms with Crippen LogP contribution in [0.3, 0.4) is 0 Å². The van der Waals surface area contributed by atoms with Gasteiger partial charge >= 0.3 is 0 Å². The van der Waals surface area contributed by atoms with Gasteiger partial charge in [-0.2, -0.15) is 5.26 Å². The molecule has 2 nitrogen and oxygen atoms in total. The van der Waals surface area contributed by atoms with Gasteiger partial charge in [0.25, 0.3) is 0 Å². The summed E-state index contributed by atoms with van der Waals surface area (Å²) < 4.78 is 5.26. The lowest BCUT2D eigenvalue weighted by atomic mass is 9.92. The minimum absolute atomic E-state index is 0.657. The number of ether oxygens (including phenoxy) is 1. The van der Waals surface area contributed by atoms with Crippen molar-refractivity contribution in [1.29, 1.82) is 5.26 Å². The summed E-state index contributed by atoms with van der Waals surface area (Å²) in [4.78, 5) is 0. The predicted octanol–water partition coefficient (Wildman–Crippen LogP) is 2.46. The summed E-state index contributed by atoms with van der Waals surface area (Å²) in [5, 5.41) is 9.05. The number of hydrogen-bond acceptors (Lipinski definition) is 2. The molecule has 0 spiro atoms. The largest absolute Gasteiger partial charge is 0.359 e. The summed E-state index contributed by atoms with van der Waals surface area (Å²) in [7, 11) is 1.57. The zero-order valence-electron chi connectivity index (χ0n) is 7.95. The van der Waals surface area contributed by atoms with E-state index in [1.807, 2.05) is 37.3 Å².